The van der Waals surface area contributed by atoms with Gasteiger partial charge < -0.3 is 19.5 Å². The zero-order chi connectivity index (χ0) is 28.2. The van der Waals surface area contributed by atoms with Gasteiger partial charge in [-0.25, -0.2) is 13.8 Å². The number of amides is 1. The Kier molecular flexibility index (Phi) is 8.46. The number of aromatic nitrogens is 2. The standard InChI is InChI=1S/C23H18ClF4N3O7/c1-30-18(23(26,27)28)9-20(33)31(22(30)35)14-8-17(12(24)7-13(14)25)38-16-6-4-3-5-15(16)37-11-19(32)29-10-21(34)36-2/h3-9H,10-11H2,1-2H3,(H,29,32). The van der Waals surface area contributed by atoms with Gasteiger partial charge in [-0.3, -0.25) is 19.0 Å². The lowest BCUT2D eigenvalue weighted by atomic mass is 10.2. The lowest BCUT2D eigenvalue weighted by Crippen LogP contribution is -2.41. The van der Waals surface area contributed by atoms with Crippen LogP contribution in [-0.2, 0) is 27.5 Å². The number of benzene rings is 2. The lowest BCUT2D eigenvalue weighted by Gasteiger charge is -2.16. The van der Waals surface area contributed by atoms with E-state index in [0.717, 1.165) is 20.2 Å². The number of halogens is 5. The van der Waals surface area contributed by atoms with Crippen molar-refractivity contribution in [3.05, 3.63) is 79.8 Å². The van der Waals surface area contributed by atoms with Crippen LogP contribution in [0.2, 0.25) is 5.02 Å². The zero-order valence-electron chi connectivity index (χ0n) is 19.6. The van der Waals surface area contributed by atoms with Gasteiger partial charge in [-0.05, 0) is 18.2 Å². The number of methoxy groups -OCH3 is 1. The van der Waals surface area contributed by atoms with Crippen molar-refractivity contribution in [2.45, 2.75) is 6.18 Å². The molecule has 0 saturated heterocycles. The molecule has 3 rings (SSSR count). The molecule has 202 valence electrons. The van der Waals surface area contributed by atoms with Crippen molar-refractivity contribution in [1.82, 2.24) is 14.5 Å². The Morgan fingerprint density at radius 1 is 1.05 bits per heavy atom. The number of carbonyl (C=O) groups excluding carboxylic acids is 2. The molecule has 1 amide bonds. The maximum absolute atomic E-state index is 14.8. The van der Waals surface area contributed by atoms with Crippen LogP contribution in [0.4, 0.5) is 17.6 Å². The van der Waals surface area contributed by atoms with E-state index in [1.165, 1.54) is 24.3 Å². The van der Waals surface area contributed by atoms with Crippen LogP contribution in [0.1, 0.15) is 5.69 Å². The number of nitrogens with zero attached hydrogens (tertiary/aromatic N) is 2. The van der Waals surface area contributed by atoms with Crippen molar-refractivity contribution in [2.75, 3.05) is 20.3 Å². The van der Waals surface area contributed by atoms with Gasteiger partial charge in [-0.15, -0.1) is 0 Å². The number of hydrogen-bond donors (Lipinski definition) is 1. The minimum Gasteiger partial charge on any atom is -0.480 e. The maximum atomic E-state index is 14.8. The fourth-order valence-electron chi connectivity index (χ4n) is 3.10. The number of hydrogen-bond acceptors (Lipinski definition) is 7. The molecule has 0 atom stereocenters. The van der Waals surface area contributed by atoms with Crippen LogP contribution in [0, 0.1) is 5.82 Å². The molecule has 1 aromatic heterocycles. The normalized spacial score (nSPS) is 11.1. The van der Waals surface area contributed by atoms with Gasteiger partial charge in [-0.1, -0.05) is 23.7 Å². The van der Waals surface area contributed by atoms with E-state index >= 15 is 0 Å². The molecule has 15 heteroatoms. The zero-order valence-corrected chi connectivity index (χ0v) is 20.4. The molecule has 0 spiro atoms. The summed E-state index contributed by atoms with van der Waals surface area (Å²) in [5.74, 6) is -2.82. The minimum atomic E-state index is -5.00. The number of nitrogens with one attached hydrogen (secondary N) is 1. The Morgan fingerprint density at radius 3 is 2.34 bits per heavy atom. The van der Waals surface area contributed by atoms with Gasteiger partial charge in [0.25, 0.3) is 11.5 Å². The number of para-hydroxylation sites is 2. The predicted octanol–water partition coefficient (Wildman–Crippen LogP) is 2.81. The van der Waals surface area contributed by atoms with Crippen LogP contribution >= 0.6 is 11.6 Å². The highest BCUT2D eigenvalue weighted by atomic mass is 35.5. The second-order valence-electron chi connectivity index (χ2n) is 7.47. The molecule has 0 aliphatic heterocycles. The number of alkyl halides is 3. The minimum absolute atomic E-state index is 0.0188. The summed E-state index contributed by atoms with van der Waals surface area (Å²) in [5, 5.41) is 1.95. The summed E-state index contributed by atoms with van der Waals surface area (Å²) >= 11 is 6.07. The van der Waals surface area contributed by atoms with E-state index in [1.807, 2.05) is 0 Å². The first kappa shape index (κ1) is 28.2. The number of rotatable bonds is 8. The quantitative estimate of drug-likeness (QED) is 0.333. The molecule has 0 unspecified atom stereocenters. The first-order valence-electron chi connectivity index (χ1n) is 10.5. The summed E-state index contributed by atoms with van der Waals surface area (Å²) in [6.45, 7) is -0.912. The van der Waals surface area contributed by atoms with Crippen molar-refractivity contribution in [3.63, 3.8) is 0 Å². The second-order valence-corrected chi connectivity index (χ2v) is 7.87. The molecule has 2 aromatic carbocycles. The Labute approximate surface area is 215 Å². The monoisotopic (exact) mass is 559 g/mol. The van der Waals surface area contributed by atoms with Crippen LogP contribution < -0.4 is 26.0 Å². The van der Waals surface area contributed by atoms with Crippen molar-refractivity contribution < 1.29 is 41.4 Å². The second kappa shape index (κ2) is 11.4. The molecule has 0 radical (unpaired) electrons. The van der Waals surface area contributed by atoms with Crippen molar-refractivity contribution in [1.29, 1.82) is 0 Å². The van der Waals surface area contributed by atoms with Crippen molar-refractivity contribution >= 4 is 23.5 Å². The Balaban J connectivity index is 1.94. The molecule has 10 nitrogen and oxygen atoms in total. The molecule has 1 N–H and O–H groups in total. The first-order valence-corrected chi connectivity index (χ1v) is 10.8. The highest BCUT2D eigenvalue weighted by molar-refractivity contribution is 6.32. The number of ether oxygens (including phenoxy) is 3. The van der Waals surface area contributed by atoms with E-state index in [2.05, 4.69) is 10.1 Å². The fraction of sp³-hybridized carbons (Fsp3) is 0.217. The molecule has 0 aliphatic rings. The maximum Gasteiger partial charge on any atom is 0.431 e. The number of carbonyl (C=O) groups is 2. The number of esters is 1. The summed E-state index contributed by atoms with van der Waals surface area (Å²) < 4.78 is 70.0. The average Bonchev–Trinajstić information content (AvgIpc) is 2.86. The third kappa shape index (κ3) is 6.32. The van der Waals surface area contributed by atoms with Crippen LogP contribution in [0.25, 0.3) is 5.69 Å². The smallest absolute Gasteiger partial charge is 0.431 e. The van der Waals surface area contributed by atoms with E-state index in [-0.39, 0.29) is 44.0 Å². The van der Waals surface area contributed by atoms with Crippen molar-refractivity contribution in [2.24, 2.45) is 7.05 Å². The molecule has 0 fully saturated rings. The summed E-state index contributed by atoms with van der Waals surface area (Å²) in [4.78, 5) is 48.0. The predicted molar refractivity (Wildman–Crippen MR) is 124 cm³/mol. The van der Waals surface area contributed by atoms with Crippen LogP contribution in [0.3, 0.4) is 0 Å². The highest BCUT2D eigenvalue weighted by Crippen LogP contribution is 2.37. The van der Waals surface area contributed by atoms with E-state index < -0.39 is 53.1 Å². The topological polar surface area (TPSA) is 118 Å². The first-order chi connectivity index (χ1) is 17.8. The largest absolute Gasteiger partial charge is 0.480 e. The van der Waals surface area contributed by atoms with Crippen LogP contribution in [0.5, 0.6) is 17.2 Å². The summed E-state index contributed by atoms with van der Waals surface area (Å²) in [6, 6.07) is 7.59. The molecular formula is C23H18ClF4N3O7. The van der Waals surface area contributed by atoms with Gasteiger partial charge in [0, 0.05) is 19.2 Å². The van der Waals surface area contributed by atoms with E-state index in [4.69, 9.17) is 21.1 Å². The molecule has 0 aliphatic carbocycles. The van der Waals surface area contributed by atoms with Gasteiger partial charge in [0.1, 0.15) is 23.8 Å². The third-order valence-corrected chi connectivity index (χ3v) is 5.23. The summed E-state index contributed by atoms with van der Waals surface area (Å²) in [6.07, 6.45) is -5.00. The Morgan fingerprint density at radius 2 is 1.71 bits per heavy atom. The summed E-state index contributed by atoms with van der Waals surface area (Å²) in [5.41, 5.74) is -5.13. The Bertz CT molecular complexity index is 1500. The lowest BCUT2D eigenvalue weighted by molar-refractivity contribution is -0.144. The van der Waals surface area contributed by atoms with Gasteiger partial charge in [0.05, 0.1) is 17.8 Å². The van der Waals surface area contributed by atoms with Gasteiger partial charge in [-0.2, -0.15) is 13.2 Å². The van der Waals surface area contributed by atoms with Gasteiger partial charge in [0.15, 0.2) is 18.1 Å². The molecule has 0 saturated carbocycles. The Hall–Kier alpha value is -4.33. The van der Waals surface area contributed by atoms with Crippen molar-refractivity contribution in [3.8, 4) is 22.9 Å². The SMILES string of the molecule is COC(=O)CNC(=O)COc1ccccc1Oc1cc(-n2c(=O)cc(C(F)(F)F)n(C)c2=O)c(F)cc1Cl. The third-order valence-electron chi connectivity index (χ3n) is 4.94. The van der Waals surface area contributed by atoms with E-state index in [0.29, 0.717) is 6.07 Å². The molecule has 0 bridgehead atoms. The summed E-state index contributed by atoms with van der Waals surface area (Å²) in [7, 11) is 1.93. The van der Waals surface area contributed by atoms with Gasteiger partial charge >= 0.3 is 17.8 Å². The van der Waals surface area contributed by atoms with Gasteiger partial charge in [0.2, 0.25) is 0 Å². The molecule has 38 heavy (non-hydrogen) atoms. The average molecular weight is 560 g/mol. The highest BCUT2D eigenvalue weighted by Gasteiger charge is 2.35. The fourth-order valence-corrected chi connectivity index (χ4v) is 3.29. The molecule has 1 heterocycles. The van der Waals surface area contributed by atoms with Crippen LogP contribution in [-0.4, -0.2) is 41.3 Å². The molecule has 3 aromatic rings. The van der Waals surface area contributed by atoms with Crippen LogP contribution in [0.15, 0.2) is 52.1 Å². The van der Waals surface area contributed by atoms with E-state index in [1.54, 1.807) is 0 Å². The molecular weight excluding hydrogens is 542 g/mol. The van der Waals surface area contributed by atoms with E-state index in [9.17, 15) is 36.7 Å².